The van der Waals surface area contributed by atoms with E-state index in [2.05, 4.69) is 15.5 Å². The van der Waals surface area contributed by atoms with Gasteiger partial charge in [0.1, 0.15) is 0 Å². The monoisotopic (exact) mass is 553 g/mol. The predicted octanol–water partition coefficient (Wildman–Crippen LogP) is 4.41. The summed E-state index contributed by atoms with van der Waals surface area (Å²) in [5.41, 5.74) is 1.25. The fourth-order valence-corrected chi connectivity index (χ4v) is 4.99. The Kier molecular flexibility index (Phi) is 9.37. The lowest BCUT2D eigenvalue weighted by Gasteiger charge is -2.43. The third-order valence-electron chi connectivity index (χ3n) is 6.35. The number of hydrogen-bond donors (Lipinski definition) is 2. The minimum atomic E-state index is -0.740. The number of amides is 4. The number of nitrogens with zero attached hydrogens (tertiary/aromatic N) is 3. The van der Waals surface area contributed by atoms with Crippen LogP contribution in [0.2, 0.25) is 10.0 Å². The molecule has 2 heterocycles. The largest absolute Gasteiger partial charge is 0.463 e. The highest BCUT2D eigenvalue weighted by Gasteiger charge is 2.39. The van der Waals surface area contributed by atoms with Crippen LogP contribution >= 0.6 is 23.2 Å². The summed E-state index contributed by atoms with van der Waals surface area (Å²) in [5.74, 6) is -0.497. The molecule has 0 aliphatic carbocycles. The van der Waals surface area contributed by atoms with Gasteiger partial charge in [-0.1, -0.05) is 29.3 Å². The molecule has 0 radical (unpaired) electrons. The van der Waals surface area contributed by atoms with Crippen LogP contribution in [0.4, 0.5) is 9.59 Å². The van der Waals surface area contributed by atoms with Crippen molar-refractivity contribution in [1.82, 2.24) is 25.3 Å². The van der Waals surface area contributed by atoms with E-state index >= 15 is 0 Å². The van der Waals surface area contributed by atoms with E-state index in [1.54, 1.807) is 30.0 Å². The Balaban J connectivity index is 1.95. The van der Waals surface area contributed by atoms with Gasteiger partial charge in [-0.25, -0.2) is 14.4 Å². The molecule has 1 fully saturated rings. The van der Waals surface area contributed by atoms with Crippen molar-refractivity contribution in [2.24, 2.45) is 0 Å². The van der Waals surface area contributed by atoms with E-state index in [1.165, 1.54) is 0 Å². The van der Waals surface area contributed by atoms with Gasteiger partial charge in [0, 0.05) is 50.0 Å². The molecule has 0 spiro atoms. The molecule has 2 aliphatic heterocycles. The van der Waals surface area contributed by atoms with Crippen molar-refractivity contribution in [3.05, 3.63) is 45.1 Å². The molecule has 2 aliphatic rings. The first-order valence-corrected chi connectivity index (χ1v) is 13.4. The first kappa shape index (κ1) is 29.1. The maximum atomic E-state index is 13.3. The molecule has 0 unspecified atom stereocenters. The lowest BCUT2D eigenvalue weighted by atomic mass is 9.94. The molecule has 2 N–H and O–H groups in total. The Morgan fingerprint density at radius 1 is 1.16 bits per heavy atom. The number of esters is 1. The zero-order chi connectivity index (χ0) is 27.5. The summed E-state index contributed by atoms with van der Waals surface area (Å²) in [7, 11) is 0. The first-order chi connectivity index (χ1) is 17.4. The van der Waals surface area contributed by atoms with Gasteiger partial charge in [-0.2, -0.15) is 0 Å². The van der Waals surface area contributed by atoms with Gasteiger partial charge in [0.2, 0.25) is 0 Å². The van der Waals surface area contributed by atoms with E-state index in [9.17, 15) is 14.4 Å². The second-order valence-electron chi connectivity index (χ2n) is 10.3. The fraction of sp³-hybridized carbons (Fsp3) is 0.577. The average Bonchev–Trinajstić information content (AvgIpc) is 2.79. The number of halogens is 2. The number of carbonyl (C=O) groups excluding carboxylic acids is 3. The zero-order valence-corrected chi connectivity index (χ0v) is 23.9. The van der Waals surface area contributed by atoms with Gasteiger partial charge in [0.25, 0.3) is 0 Å². The molecule has 9 nitrogen and oxygen atoms in total. The fourth-order valence-electron chi connectivity index (χ4n) is 4.68. The van der Waals surface area contributed by atoms with Crippen molar-refractivity contribution >= 4 is 41.2 Å². The van der Waals surface area contributed by atoms with E-state index in [0.29, 0.717) is 59.6 Å². The summed E-state index contributed by atoms with van der Waals surface area (Å²) < 4.78 is 5.44. The number of likely N-dealkylation sites (N-methyl/N-ethyl adjacent to an activating group) is 1. The van der Waals surface area contributed by atoms with E-state index in [4.69, 9.17) is 27.9 Å². The van der Waals surface area contributed by atoms with Crippen molar-refractivity contribution < 1.29 is 19.1 Å². The van der Waals surface area contributed by atoms with Gasteiger partial charge in [-0.3, -0.25) is 9.80 Å². The van der Waals surface area contributed by atoms with Gasteiger partial charge in [0.15, 0.2) is 0 Å². The molecular weight excluding hydrogens is 517 g/mol. The number of nitrogens with one attached hydrogen (secondary N) is 2. The van der Waals surface area contributed by atoms with Crippen LogP contribution in [0.5, 0.6) is 0 Å². The normalized spacial score (nSPS) is 21.1. The minimum absolute atomic E-state index is 0.0545. The Morgan fingerprint density at radius 3 is 2.43 bits per heavy atom. The summed E-state index contributed by atoms with van der Waals surface area (Å²) in [6.45, 7) is 14.1. The van der Waals surface area contributed by atoms with E-state index in [0.717, 1.165) is 0 Å². The van der Waals surface area contributed by atoms with Crippen molar-refractivity contribution in [3.8, 4) is 0 Å². The number of piperazine rings is 1. The molecule has 1 aromatic carbocycles. The minimum Gasteiger partial charge on any atom is -0.463 e. The van der Waals surface area contributed by atoms with Crippen molar-refractivity contribution in [2.45, 2.75) is 59.2 Å². The van der Waals surface area contributed by atoms with E-state index in [1.807, 2.05) is 39.5 Å². The highest BCUT2D eigenvalue weighted by Crippen LogP contribution is 2.35. The Morgan fingerprint density at radius 2 is 1.86 bits per heavy atom. The number of urea groups is 2. The molecular formula is C26H37Cl2N5O4. The summed E-state index contributed by atoms with van der Waals surface area (Å²) in [6.07, 6.45) is 0. The molecule has 0 aromatic heterocycles. The molecule has 3 rings (SSSR count). The number of carbonyl (C=O) groups is 3. The molecule has 0 bridgehead atoms. The van der Waals surface area contributed by atoms with Crippen LogP contribution < -0.4 is 10.6 Å². The van der Waals surface area contributed by atoms with E-state index in [-0.39, 0.29) is 30.2 Å². The predicted molar refractivity (Wildman–Crippen MR) is 145 cm³/mol. The smallest absolute Gasteiger partial charge is 0.338 e. The molecule has 1 aromatic rings. The van der Waals surface area contributed by atoms with E-state index < -0.39 is 12.0 Å². The Bertz CT molecular complexity index is 1070. The van der Waals surface area contributed by atoms with Crippen LogP contribution in [-0.2, 0) is 9.53 Å². The third kappa shape index (κ3) is 6.89. The number of ether oxygens (including phenoxy) is 1. The standard InChI is InChI=1S/C26H37Cl2N5O4/c1-7-32-20(15-31-11-12-33(16(3)14-31)25(36)30-26(4,5)6)21(23(34)37-8-2)22(29-24(32)35)17-9-10-18(27)19(28)13-17/h9-10,13,16,22H,7-8,11-12,14-15H2,1-6H3,(H,29,35)(H,30,36)/t16-,22-/m1/s1. The maximum Gasteiger partial charge on any atom is 0.338 e. The lowest BCUT2D eigenvalue weighted by molar-refractivity contribution is -0.139. The molecule has 0 saturated carbocycles. The molecule has 2 atom stereocenters. The topological polar surface area (TPSA) is 94.2 Å². The van der Waals surface area contributed by atoms with Crippen molar-refractivity contribution in [1.29, 1.82) is 0 Å². The van der Waals surface area contributed by atoms with Gasteiger partial charge >= 0.3 is 18.0 Å². The summed E-state index contributed by atoms with van der Waals surface area (Å²) in [4.78, 5) is 44.8. The molecule has 1 saturated heterocycles. The van der Waals surface area contributed by atoms with Gasteiger partial charge < -0.3 is 20.3 Å². The highest BCUT2D eigenvalue weighted by atomic mass is 35.5. The summed E-state index contributed by atoms with van der Waals surface area (Å²) in [5, 5.41) is 6.67. The second kappa shape index (κ2) is 11.9. The number of hydrogen-bond acceptors (Lipinski definition) is 5. The zero-order valence-electron chi connectivity index (χ0n) is 22.4. The Labute approximate surface area is 229 Å². The van der Waals surface area contributed by atoms with Crippen molar-refractivity contribution in [3.63, 3.8) is 0 Å². The molecule has 4 amide bonds. The second-order valence-corrected chi connectivity index (χ2v) is 11.2. The molecule has 11 heteroatoms. The summed E-state index contributed by atoms with van der Waals surface area (Å²) in [6, 6.07) is 3.84. The van der Waals surface area contributed by atoms with Crippen LogP contribution in [0, 0.1) is 0 Å². The SMILES string of the molecule is CCOC(=O)C1=C(CN2CCN(C(=O)NC(C)(C)C)[C@H](C)C2)N(CC)C(=O)N[C@@H]1c1ccc(Cl)c(Cl)c1. The highest BCUT2D eigenvalue weighted by molar-refractivity contribution is 6.42. The first-order valence-electron chi connectivity index (χ1n) is 12.6. The number of benzene rings is 1. The third-order valence-corrected chi connectivity index (χ3v) is 7.09. The molecule has 204 valence electrons. The van der Waals surface area contributed by atoms with Crippen LogP contribution in [0.25, 0.3) is 0 Å². The van der Waals surface area contributed by atoms with Crippen LogP contribution in [0.15, 0.2) is 29.5 Å². The van der Waals surface area contributed by atoms with Crippen molar-refractivity contribution in [2.75, 3.05) is 39.3 Å². The van der Waals surface area contributed by atoms with Crippen LogP contribution in [0.3, 0.4) is 0 Å². The van der Waals surface area contributed by atoms with Gasteiger partial charge in [0.05, 0.1) is 28.3 Å². The van der Waals surface area contributed by atoms with Crippen LogP contribution in [-0.4, -0.2) is 83.6 Å². The van der Waals surface area contributed by atoms with Gasteiger partial charge in [-0.05, 0) is 59.2 Å². The molecule has 37 heavy (non-hydrogen) atoms. The quantitative estimate of drug-likeness (QED) is 0.509. The van der Waals surface area contributed by atoms with Gasteiger partial charge in [-0.15, -0.1) is 0 Å². The maximum absolute atomic E-state index is 13.3. The lowest BCUT2D eigenvalue weighted by Crippen LogP contribution is -2.59. The average molecular weight is 555 g/mol. The van der Waals surface area contributed by atoms with Crippen LogP contribution in [0.1, 0.15) is 53.1 Å². The Hall–Kier alpha value is -2.49. The number of rotatable bonds is 6. The summed E-state index contributed by atoms with van der Waals surface area (Å²) >= 11 is 12.4.